The Kier molecular flexibility index (Phi) is 3.55. The topological polar surface area (TPSA) is 79.0 Å². The molecule has 6 heteroatoms. The van der Waals surface area contributed by atoms with Crippen molar-refractivity contribution in [3.05, 3.63) is 17.5 Å². The van der Waals surface area contributed by atoms with E-state index in [0.717, 1.165) is 5.69 Å². The van der Waals surface area contributed by atoms with Crippen LogP contribution in [0.25, 0.3) is 0 Å². The van der Waals surface area contributed by atoms with Gasteiger partial charge < -0.3 is 19.5 Å². The monoisotopic (exact) mass is 228 g/mol. The van der Waals surface area contributed by atoms with Gasteiger partial charge in [0.25, 0.3) is 0 Å². The van der Waals surface area contributed by atoms with Crippen LogP contribution in [-0.2, 0) is 17.9 Å². The number of aromatic nitrogens is 1. The lowest BCUT2D eigenvalue weighted by molar-refractivity contribution is 0.0572. The van der Waals surface area contributed by atoms with Gasteiger partial charge in [0.05, 0.1) is 17.9 Å². The van der Waals surface area contributed by atoms with Crippen molar-refractivity contribution in [3.8, 4) is 0 Å². The molecule has 6 nitrogen and oxygen atoms in total. The fraction of sp³-hybridized carbons (Fsp3) is 0.700. The number of hydrogen-bond acceptors (Lipinski definition) is 6. The number of aliphatic hydroxyl groups excluding tert-OH is 2. The van der Waals surface area contributed by atoms with Crippen LogP contribution in [0.3, 0.4) is 0 Å². The van der Waals surface area contributed by atoms with Crippen LogP contribution in [0.2, 0.25) is 0 Å². The van der Waals surface area contributed by atoms with Gasteiger partial charge in [-0.3, -0.25) is 4.90 Å². The summed E-state index contributed by atoms with van der Waals surface area (Å²) >= 11 is 0. The number of aliphatic hydroxyl groups is 2. The maximum atomic E-state index is 9.38. The summed E-state index contributed by atoms with van der Waals surface area (Å²) in [6.45, 7) is 1.90. The molecule has 1 aliphatic heterocycles. The Morgan fingerprint density at radius 2 is 2.19 bits per heavy atom. The number of β-amino-alcohol motifs (C(OH)–C–C–N with tert-alkyl or cyclic N) is 2. The third-order valence-corrected chi connectivity index (χ3v) is 2.61. The summed E-state index contributed by atoms with van der Waals surface area (Å²) in [6.07, 6.45) is -1.32. The third kappa shape index (κ3) is 2.59. The van der Waals surface area contributed by atoms with E-state index in [1.54, 1.807) is 7.11 Å². The maximum absolute atomic E-state index is 9.38. The Morgan fingerprint density at radius 1 is 1.50 bits per heavy atom. The first-order chi connectivity index (χ1) is 7.69. The molecule has 2 unspecified atom stereocenters. The molecule has 2 atom stereocenters. The van der Waals surface area contributed by atoms with Gasteiger partial charge in [0.1, 0.15) is 6.61 Å². The molecule has 2 heterocycles. The summed E-state index contributed by atoms with van der Waals surface area (Å²) in [5, 5.41) is 22.6. The maximum Gasteiger partial charge on any atom is 0.162 e. The molecule has 1 aliphatic rings. The fourth-order valence-corrected chi connectivity index (χ4v) is 1.85. The zero-order chi connectivity index (χ0) is 11.5. The van der Waals surface area contributed by atoms with Gasteiger partial charge in [-0.05, 0) is 0 Å². The Balaban J connectivity index is 1.89. The normalized spacial score (nSPS) is 26.4. The lowest BCUT2D eigenvalue weighted by Gasteiger charge is -2.11. The van der Waals surface area contributed by atoms with Crippen molar-refractivity contribution in [2.45, 2.75) is 25.4 Å². The average Bonchev–Trinajstić information content (AvgIpc) is 2.77. The van der Waals surface area contributed by atoms with Crippen molar-refractivity contribution in [3.63, 3.8) is 0 Å². The summed E-state index contributed by atoms with van der Waals surface area (Å²) in [5.74, 6) is 0.679. The average molecular weight is 228 g/mol. The van der Waals surface area contributed by atoms with Crippen molar-refractivity contribution < 1.29 is 19.5 Å². The van der Waals surface area contributed by atoms with Gasteiger partial charge in [-0.25, -0.2) is 0 Å². The van der Waals surface area contributed by atoms with Gasteiger partial charge in [-0.15, -0.1) is 0 Å². The van der Waals surface area contributed by atoms with Gasteiger partial charge in [0, 0.05) is 32.8 Å². The lowest BCUT2D eigenvalue weighted by Crippen LogP contribution is -2.22. The van der Waals surface area contributed by atoms with Crippen LogP contribution in [0.1, 0.15) is 11.5 Å². The second kappa shape index (κ2) is 4.92. The van der Waals surface area contributed by atoms with Gasteiger partial charge in [0.15, 0.2) is 5.76 Å². The van der Waals surface area contributed by atoms with Crippen LogP contribution >= 0.6 is 0 Å². The van der Waals surface area contributed by atoms with Gasteiger partial charge in [0.2, 0.25) is 0 Å². The molecular weight excluding hydrogens is 212 g/mol. The number of likely N-dealkylation sites (tertiary alicyclic amines) is 1. The molecular formula is C10H16N2O4. The minimum Gasteiger partial charge on any atom is -0.389 e. The van der Waals surface area contributed by atoms with E-state index in [2.05, 4.69) is 5.16 Å². The van der Waals surface area contributed by atoms with Crippen LogP contribution in [0.4, 0.5) is 0 Å². The Hall–Kier alpha value is -0.950. The molecule has 2 rings (SSSR count). The highest BCUT2D eigenvalue weighted by Crippen LogP contribution is 2.14. The first-order valence-electron chi connectivity index (χ1n) is 5.21. The van der Waals surface area contributed by atoms with Crippen LogP contribution in [-0.4, -0.2) is 52.7 Å². The van der Waals surface area contributed by atoms with E-state index in [1.165, 1.54) is 0 Å². The summed E-state index contributed by atoms with van der Waals surface area (Å²) in [7, 11) is 1.59. The molecule has 1 aromatic rings. The van der Waals surface area contributed by atoms with Crippen LogP contribution in [0.15, 0.2) is 10.6 Å². The second-order valence-electron chi connectivity index (χ2n) is 4.05. The molecule has 0 spiro atoms. The van der Waals surface area contributed by atoms with Crippen molar-refractivity contribution in [1.82, 2.24) is 10.1 Å². The van der Waals surface area contributed by atoms with E-state index in [0.29, 0.717) is 32.0 Å². The Labute approximate surface area is 93.4 Å². The minimum absolute atomic E-state index is 0.401. The Bertz CT molecular complexity index is 331. The highest BCUT2D eigenvalue weighted by molar-refractivity contribution is 5.05. The van der Waals surface area contributed by atoms with E-state index >= 15 is 0 Å². The number of hydrogen-bond donors (Lipinski definition) is 2. The highest BCUT2D eigenvalue weighted by Gasteiger charge is 2.29. The van der Waals surface area contributed by atoms with E-state index < -0.39 is 12.2 Å². The van der Waals surface area contributed by atoms with Crippen molar-refractivity contribution in [1.29, 1.82) is 0 Å². The molecule has 1 saturated heterocycles. The van der Waals surface area contributed by atoms with E-state index in [4.69, 9.17) is 9.26 Å². The van der Waals surface area contributed by atoms with Gasteiger partial charge >= 0.3 is 0 Å². The smallest absolute Gasteiger partial charge is 0.162 e. The van der Waals surface area contributed by atoms with Crippen molar-refractivity contribution in [2.75, 3.05) is 20.2 Å². The van der Waals surface area contributed by atoms with E-state index in [9.17, 15) is 10.2 Å². The van der Waals surface area contributed by atoms with Gasteiger partial charge in [-0.2, -0.15) is 0 Å². The lowest BCUT2D eigenvalue weighted by atomic mass is 10.3. The summed E-state index contributed by atoms with van der Waals surface area (Å²) in [6, 6.07) is 1.82. The largest absolute Gasteiger partial charge is 0.389 e. The third-order valence-electron chi connectivity index (χ3n) is 2.61. The van der Waals surface area contributed by atoms with Crippen LogP contribution in [0.5, 0.6) is 0 Å². The zero-order valence-electron chi connectivity index (χ0n) is 9.17. The SMILES string of the molecule is COCc1cc(CN2CC(O)C(O)C2)no1. The molecule has 0 saturated carbocycles. The molecule has 0 amide bonds. The number of methoxy groups -OCH3 is 1. The first-order valence-corrected chi connectivity index (χ1v) is 5.21. The summed E-state index contributed by atoms with van der Waals surface area (Å²) in [4.78, 5) is 1.93. The fourth-order valence-electron chi connectivity index (χ4n) is 1.85. The molecule has 1 aromatic heterocycles. The molecule has 16 heavy (non-hydrogen) atoms. The molecule has 2 N–H and O–H groups in total. The van der Waals surface area contributed by atoms with Crippen LogP contribution in [0, 0.1) is 0 Å². The molecule has 0 aromatic carbocycles. The molecule has 0 aliphatic carbocycles. The predicted molar refractivity (Wildman–Crippen MR) is 54.5 cm³/mol. The predicted octanol–water partition coefficient (Wildman–Crippen LogP) is -0.642. The molecule has 0 radical (unpaired) electrons. The molecule has 1 fully saturated rings. The summed E-state index contributed by atoms with van der Waals surface area (Å²) < 4.78 is 9.96. The van der Waals surface area contributed by atoms with Gasteiger partial charge in [-0.1, -0.05) is 5.16 Å². The molecule has 0 bridgehead atoms. The van der Waals surface area contributed by atoms with Crippen molar-refractivity contribution in [2.24, 2.45) is 0 Å². The summed E-state index contributed by atoms with van der Waals surface area (Å²) in [5.41, 5.74) is 0.786. The number of rotatable bonds is 4. The zero-order valence-corrected chi connectivity index (χ0v) is 9.17. The first kappa shape index (κ1) is 11.5. The Morgan fingerprint density at radius 3 is 2.81 bits per heavy atom. The van der Waals surface area contributed by atoms with Crippen LogP contribution < -0.4 is 0 Å². The van der Waals surface area contributed by atoms with E-state index in [-0.39, 0.29) is 0 Å². The van der Waals surface area contributed by atoms with Crippen molar-refractivity contribution >= 4 is 0 Å². The highest BCUT2D eigenvalue weighted by atomic mass is 16.5. The second-order valence-corrected chi connectivity index (χ2v) is 4.05. The molecule has 90 valence electrons. The number of nitrogens with zero attached hydrogens (tertiary/aromatic N) is 2. The number of ether oxygens (including phenoxy) is 1. The minimum atomic E-state index is -0.662. The van der Waals surface area contributed by atoms with E-state index in [1.807, 2.05) is 11.0 Å². The quantitative estimate of drug-likeness (QED) is 0.713. The standard InChI is InChI=1S/C10H16N2O4/c1-15-6-8-2-7(11-16-8)3-12-4-9(13)10(14)5-12/h2,9-10,13-14H,3-6H2,1H3.